The van der Waals surface area contributed by atoms with Gasteiger partial charge in [0.25, 0.3) is 0 Å². The number of rotatable bonds is 4. The van der Waals surface area contributed by atoms with Crippen LogP contribution in [0.15, 0.2) is 58.3 Å². The quantitative estimate of drug-likeness (QED) is 0.498. The molecular weight excluding hydrogens is 580 g/mol. The normalized spacial score (nSPS) is 33.0. The van der Waals surface area contributed by atoms with E-state index in [-0.39, 0.29) is 43.6 Å². The molecule has 0 N–H and O–H groups in total. The fourth-order valence-electron chi connectivity index (χ4n) is 5.37. The summed E-state index contributed by atoms with van der Waals surface area (Å²) in [5, 5.41) is 0. The number of halogens is 2. The fourth-order valence-corrected chi connectivity index (χ4v) is 11.6. The molecule has 172 valence electrons. The summed E-state index contributed by atoms with van der Waals surface area (Å²) in [7, 11) is -7.42. The Morgan fingerprint density at radius 1 is 0.625 bits per heavy atom. The molecule has 6 nitrogen and oxygen atoms in total. The molecule has 4 aliphatic heterocycles. The summed E-state index contributed by atoms with van der Waals surface area (Å²) in [6, 6.07) is 12.6. The number of benzene rings is 2. The van der Waals surface area contributed by atoms with Crippen LogP contribution in [0.2, 0.25) is 0 Å². The maximum Gasteiger partial charge on any atom is 0.243 e. The van der Waals surface area contributed by atoms with Gasteiger partial charge in [-0.1, -0.05) is 67.3 Å². The summed E-state index contributed by atoms with van der Waals surface area (Å²) in [6.45, 7) is 3.84. The lowest BCUT2D eigenvalue weighted by atomic mass is 9.76. The zero-order valence-electron chi connectivity index (χ0n) is 17.6. The highest BCUT2D eigenvalue weighted by atomic mass is 79.9. The Morgan fingerprint density at radius 3 is 1.19 bits per heavy atom. The minimum absolute atomic E-state index is 0.277. The lowest BCUT2D eigenvalue weighted by molar-refractivity contribution is -0.0130. The molecule has 6 rings (SSSR count). The van der Waals surface area contributed by atoms with E-state index in [1.54, 1.807) is 57.1 Å². The van der Waals surface area contributed by atoms with Crippen molar-refractivity contribution in [2.45, 2.75) is 70.3 Å². The Labute approximate surface area is 206 Å². The van der Waals surface area contributed by atoms with Crippen LogP contribution in [0, 0.1) is 13.8 Å². The van der Waals surface area contributed by atoms with Gasteiger partial charge in [-0.15, -0.1) is 0 Å². The molecule has 32 heavy (non-hydrogen) atoms. The predicted octanol–water partition coefficient (Wildman–Crippen LogP) is 3.81. The summed E-state index contributed by atoms with van der Waals surface area (Å²) in [4.78, 5) is -0.0101. The molecule has 0 unspecified atom stereocenters. The Morgan fingerprint density at radius 2 is 0.906 bits per heavy atom. The van der Waals surface area contributed by atoms with E-state index < -0.39 is 20.0 Å². The van der Waals surface area contributed by atoms with Crippen molar-refractivity contribution >= 4 is 51.9 Å². The summed E-state index contributed by atoms with van der Waals surface area (Å²) < 4.78 is 57.7. The maximum atomic E-state index is 13.6. The highest BCUT2D eigenvalue weighted by Crippen LogP contribution is 2.52. The number of hydrogen-bond acceptors (Lipinski definition) is 4. The molecular formula is C22H24Br2N2O4S2. The minimum Gasteiger partial charge on any atom is -0.207 e. The second-order valence-corrected chi connectivity index (χ2v) is 14.7. The first-order chi connectivity index (χ1) is 15.0. The van der Waals surface area contributed by atoms with Crippen molar-refractivity contribution in [3.8, 4) is 0 Å². The van der Waals surface area contributed by atoms with E-state index in [1.807, 2.05) is 13.8 Å². The molecule has 0 saturated carbocycles. The Kier molecular flexibility index (Phi) is 5.66. The molecule has 4 saturated heterocycles. The predicted molar refractivity (Wildman–Crippen MR) is 130 cm³/mol. The van der Waals surface area contributed by atoms with E-state index in [2.05, 4.69) is 31.9 Å². The SMILES string of the molecule is Cc1ccc(S(=O)(=O)N2[C@H]3C[C@H]4C(Br)[C@@H]2C[C@@H](C3Br)N4S(=O)(=O)c2ccc(C)cc2)cc1. The van der Waals surface area contributed by atoms with E-state index in [4.69, 9.17) is 0 Å². The molecule has 4 fully saturated rings. The van der Waals surface area contributed by atoms with Crippen molar-refractivity contribution in [2.24, 2.45) is 0 Å². The van der Waals surface area contributed by atoms with Gasteiger partial charge in [-0.05, 0) is 51.0 Å². The van der Waals surface area contributed by atoms with E-state index in [9.17, 15) is 16.8 Å². The van der Waals surface area contributed by atoms with E-state index >= 15 is 0 Å². The van der Waals surface area contributed by atoms with Crippen LogP contribution in [-0.4, -0.2) is 59.3 Å². The van der Waals surface area contributed by atoms with Gasteiger partial charge in [-0.25, -0.2) is 16.8 Å². The van der Waals surface area contributed by atoms with Gasteiger partial charge in [0.1, 0.15) is 0 Å². The molecule has 4 heterocycles. The third-order valence-electron chi connectivity index (χ3n) is 6.94. The van der Waals surface area contributed by atoms with E-state index in [1.165, 1.54) is 0 Å². The van der Waals surface area contributed by atoms with Crippen LogP contribution in [0.25, 0.3) is 0 Å². The number of hydrogen-bond donors (Lipinski definition) is 0. The Hall–Kier alpha value is -0.780. The van der Waals surface area contributed by atoms with Crippen molar-refractivity contribution < 1.29 is 16.8 Å². The zero-order valence-corrected chi connectivity index (χ0v) is 22.4. The number of sulfonamides is 2. The van der Waals surface area contributed by atoms with Gasteiger partial charge < -0.3 is 0 Å². The highest BCUT2D eigenvalue weighted by Gasteiger charge is 2.64. The van der Waals surface area contributed by atoms with Crippen molar-refractivity contribution in [1.82, 2.24) is 8.61 Å². The monoisotopic (exact) mass is 602 g/mol. The van der Waals surface area contributed by atoms with Crippen LogP contribution in [0.1, 0.15) is 24.0 Å². The van der Waals surface area contributed by atoms with Gasteiger partial charge in [0.2, 0.25) is 20.0 Å². The molecule has 0 radical (unpaired) electrons. The summed E-state index contributed by atoms with van der Waals surface area (Å²) >= 11 is 7.41. The van der Waals surface area contributed by atoms with Gasteiger partial charge in [-0.2, -0.15) is 8.61 Å². The first kappa shape index (κ1) is 23.0. The average molecular weight is 604 g/mol. The van der Waals surface area contributed by atoms with Gasteiger partial charge >= 0.3 is 0 Å². The van der Waals surface area contributed by atoms with Crippen molar-refractivity contribution in [3.05, 3.63) is 59.7 Å². The fraction of sp³-hybridized carbons (Fsp3) is 0.455. The average Bonchev–Trinajstić information content (AvgIpc) is 2.73. The zero-order chi connectivity index (χ0) is 23.0. The lowest BCUT2D eigenvalue weighted by Gasteiger charge is -2.63. The van der Waals surface area contributed by atoms with Gasteiger partial charge in [0.05, 0.1) is 9.79 Å². The molecule has 4 bridgehead atoms. The highest BCUT2D eigenvalue weighted by molar-refractivity contribution is 9.09. The largest absolute Gasteiger partial charge is 0.243 e. The van der Waals surface area contributed by atoms with E-state index in [0.717, 1.165) is 11.1 Å². The number of aryl methyl sites for hydroxylation is 2. The molecule has 0 amide bonds. The van der Waals surface area contributed by atoms with Crippen LogP contribution in [0.3, 0.4) is 0 Å². The molecule has 2 aromatic carbocycles. The van der Waals surface area contributed by atoms with Crippen LogP contribution < -0.4 is 0 Å². The third kappa shape index (κ3) is 3.36. The standard InChI is InChI=1S/C22H24Br2N2O4S2/c1-13-3-7-15(8-4-13)31(27,28)25-17-11-19-22(24)18(25)12-20(21(17)23)26(19)32(29,30)16-9-5-14(2)6-10-16/h3-10,17-22H,11-12H2,1-2H3/t17-,18-,19-,20-,21?,22?/m0/s1. The topological polar surface area (TPSA) is 74.8 Å². The van der Waals surface area contributed by atoms with Crippen LogP contribution in [-0.2, 0) is 20.0 Å². The van der Waals surface area contributed by atoms with Crippen LogP contribution >= 0.6 is 31.9 Å². The molecule has 0 aromatic heterocycles. The molecule has 2 aromatic rings. The Balaban J connectivity index is 1.52. The van der Waals surface area contributed by atoms with Crippen LogP contribution in [0.4, 0.5) is 0 Å². The molecule has 4 aliphatic rings. The van der Waals surface area contributed by atoms with Crippen LogP contribution in [0.5, 0.6) is 0 Å². The minimum atomic E-state index is -3.71. The second kappa shape index (κ2) is 7.88. The van der Waals surface area contributed by atoms with E-state index in [0.29, 0.717) is 12.8 Å². The van der Waals surface area contributed by atoms with Crippen molar-refractivity contribution in [1.29, 1.82) is 0 Å². The smallest absolute Gasteiger partial charge is 0.207 e. The summed E-state index contributed by atoms with van der Waals surface area (Å²) in [5.41, 5.74) is 2.00. The first-order valence-electron chi connectivity index (χ1n) is 10.5. The second-order valence-electron chi connectivity index (χ2n) is 8.93. The maximum absolute atomic E-state index is 13.6. The Bertz CT molecular complexity index is 1130. The summed E-state index contributed by atoms with van der Waals surface area (Å²) in [5.74, 6) is 0. The number of alkyl halides is 2. The molecule has 0 aliphatic carbocycles. The first-order valence-corrected chi connectivity index (χ1v) is 15.2. The van der Waals surface area contributed by atoms with Crippen molar-refractivity contribution in [3.63, 3.8) is 0 Å². The molecule has 10 heteroatoms. The van der Waals surface area contributed by atoms with Gasteiger partial charge in [0, 0.05) is 33.8 Å². The third-order valence-corrected chi connectivity index (χ3v) is 13.3. The lowest BCUT2D eigenvalue weighted by Crippen LogP contribution is -2.78. The van der Waals surface area contributed by atoms with Crippen molar-refractivity contribution in [2.75, 3.05) is 0 Å². The number of piperidine rings is 4. The molecule has 0 spiro atoms. The molecule has 4 atom stereocenters. The summed E-state index contributed by atoms with van der Waals surface area (Å²) in [6.07, 6.45) is 0.879. The number of nitrogens with zero attached hydrogens (tertiary/aromatic N) is 2. The van der Waals surface area contributed by atoms with Gasteiger partial charge in [-0.3, -0.25) is 0 Å². The van der Waals surface area contributed by atoms with Gasteiger partial charge in [0.15, 0.2) is 0 Å².